The second kappa shape index (κ2) is 11.6. The van der Waals surface area contributed by atoms with Crippen molar-refractivity contribution >= 4 is 84.0 Å². The van der Waals surface area contributed by atoms with Gasteiger partial charge in [0.15, 0.2) is 8.07 Å². The Bertz CT molecular complexity index is 3020. The molecule has 1 aliphatic heterocycles. The fourth-order valence-electron chi connectivity index (χ4n) is 8.83. The highest BCUT2D eigenvalue weighted by Crippen LogP contribution is 2.35. The van der Waals surface area contributed by atoms with Gasteiger partial charge in [-0.15, -0.1) is 0 Å². The lowest BCUT2D eigenvalue weighted by molar-refractivity contribution is 0.487. The fraction of sp³-hybridized carbons (Fsp3) is 0. The molecule has 1 N–H and O–H groups in total. The second-order valence-corrected chi connectivity index (χ2v) is 18.1. The van der Waals surface area contributed by atoms with Gasteiger partial charge >= 0.3 is 0 Å². The van der Waals surface area contributed by atoms with Gasteiger partial charge in [-0.05, 0) is 86.5 Å². The van der Waals surface area contributed by atoms with E-state index < -0.39 is 8.07 Å². The Morgan fingerprint density at radius 3 is 2.00 bits per heavy atom. The van der Waals surface area contributed by atoms with Crippen molar-refractivity contribution in [3.63, 3.8) is 0 Å². The van der Waals surface area contributed by atoms with Crippen molar-refractivity contribution in [1.29, 1.82) is 0 Å². The fourth-order valence-corrected chi connectivity index (χ4v) is 13.9. The van der Waals surface area contributed by atoms with Crippen molar-refractivity contribution in [2.24, 2.45) is 0 Å². The molecule has 0 saturated heterocycles. The van der Waals surface area contributed by atoms with E-state index in [9.17, 15) is 0 Å². The van der Waals surface area contributed by atoms with Gasteiger partial charge in [0, 0.05) is 43.3 Å². The lowest BCUT2D eigenvalue weighted by Gasteiger charge is -2.39. The number of fused-ring (bicyclic) bond motifs is 8. The van der Waals surface area contributed by atoms with Crippen molar-refractivity contribution in [3.05, 3.63) is 187 Å². The molecule has 3 nitrogen and oxygen atoms in total. The van der Waals surface area contributed by atoms with E-state index in [1.54, 1.807) is 0 Å². The predicted molar refractivity (Wildman–Crippen MR) is 224 cm³/mol. The third kappa shape index (κ3) is 4.46. The summed E-state index contributed by atoms with van der Waals surface area (Å²) in [7, 11) is -3.03. The first-order valence-electron chi connectivity index (χ1n) is 17.9. The van der Waals surface area contributed by atoms with Crippen molar-refractivity contribution in [3.8, 4) is 28.3 Å². The van der Waals surface area contributed by atoms with Crippen LogP contribution >= 0.6 is 11.6 Å². The van der Waals surface area contributed by atoms with E-state index in [1.165, 1.54) is 64.5 Å². The monoisotopic (exact) mass is 714 g/mol. The van der Waals surface area contributed by atoms with Crippen LogP contribution in [0.3, 0.4) is 0 Å². The summed E-state index contributed by atoms with van der Waals surface area (Å²) in [5.41, 5.74) is 8.16. The average molecular weight is 715 g/mol. The Hall–Kier alpha value is -6.33. The van der Waals surface area contributed by atoms with Crippen molar-refractivity contribution < 1.29 is 4.74 Å². The van der Waals surface area contributed by atoms with Gasteiger partial charge in [0.25, 0.3) is 0 Å². The Morgan fingerprint density at radius 2 is 1.17 bits per heavy atom. The first-order chi connectivity index (χ1) is 26.2. The number of para-hydroxylation sites is 3. The Morgan fingerprint density at radius 1 is 0.453 bits per heavy atom. The van der Waals surface area contributed by atoms with E-state index in [0.29, 0.717) is 5.02 Å². The van der Waals surface area contributed by atoms with Gasteiger partial charge in [0.05, 0.1) is 11.0 Å². The van der Waals surface area contributed by atoms with Crippen LogP contribution in [0.5, 0.6) is 11.5 Å². The number of hydrogen-bond acceptors (Lipinski definition) is 1. The van der Waals surface area contributed by atoms with E-state index >= 15 is 0 Å². The quantitative estimate of drug-likeness (QED) is 0.181. The summed E-state index contributed by atoms with van der Waals surface area (Å²) >= 11 is 6.71. The van der Waals surface area contributed by atoms with Gasteiger partial charge < -0.3 is 14.3 Å². The number of aromatic nitrogens is 2. The molecule has 5 heteroatoms. The summed E-state index contributed by atoms with van der Waals surface area (Å²) < 4.78 is 9.13. The first-order valence-corrected chi connectivity index (χ1v) is 20.3. The molecule has 2 aromatic heterocycles. The lowest BCUT2D eigenvalue weighted by Crippen LogP contribution is -2.76. The summed E-state index contributed by atoms with van der Waals surface area (Å²) in [5.74, 6) is 1.69. The maximum absolute atomic E-state index is 6.71. The van der Waals surface area contributed by atoms with Crippen molar-refractivity contribution in [2.75, 3.05) is 0 Å². The normalized spacial score (nSPS) is 15.1. The minimum absolute atomic E-state index is 0.659. The largest absolute Gasteiger partial charge is 0.457 e. The number of rotatable bonds is 4. The zero-order valence-electron chi connectivity index (χ0n) is 28.6. The molecule has 0 radical (unpaired) electrons. The van der Waals surface area contributed by atoms with Crippen LogP contribution in [-0.4, -0.2) is 17.6 Å². The zero-order chi connectivity index (χ0) is 35.1. The van der Waals surface area contributed by atoms with E-state index in [4.69, 9.17) is 16.3 Å². The molecule has 3 heterocycles. The van der Waals surface area contributed by atoms with Crippen LogP contribution in [0.2, 0.25) is 5.02 Å². The second-order valence-electron chi connectivity index (χ2n) is 13.9. The summed E-state index contributed by atoms with van der Waals surface area (Å²) in [6.07, 6.45) is 0. The third-order valence-electron chi connectivity index (χ3n) is 11.1. The number of nitrogens with one attached hydrogen (secondary N) is 1. The maximum atomic E-state index is 6.71. The molecule has 10 aromatic rings. The van der Waals surface area contributed by atoms with Crippen LogP contribution in [-0.2, 0) is 0 Å². The standard InChI is InChI=1S/C48H31ClN2OSi/c49-33-22-26-48-46(28-33)52-45-19-8-9-20-47(45)53(48,35-14-10-13-34(29-35)51-43-17-6-4-15-38(43)39-16-5-7-18-44(39)51)36-23-25-41-40(30-36)37-24-21-32(27-42(37)50-41)31-11-2-1-3-12-31/h1-30,50H. The SMILES string of the molecule is Clc1ccc2c(c1)Oc1ccccc1[Si]2(c1cccc(-n2c3ccccc3c3ccccc32)c1)c1ccc2[nH]c3cc(-c4ccccc4)ccc3c2c1. The molecule has 0 bridgehead atoms. The number of hydrogen-bond donors (Lipinski definition) is 1. The van der Waals surface area contributed by atoms with Crippen LogP contribution in [0.25, 0.3) is 60.4 Å². The molecule has 1 aliphatic rings. The van der Waals surface area contributed by atoms with E-state index in [1.807, 2.05) is 12.1 Å². The number of benzene rings is 8. The average Bonchev–Trinajstić information content (AvgIpc) is 3.75. The molecule has 0 fully saturated rings. The van der Waals surface area contributed by atoms with Crippen molar-refractivity contribution in [1.82, 2.24) is 9.55 Å². The molecule has 1 atom stereocenters. The number of halogens is 1. The maximum Gasteiger partial charge on any atom is 0.188 e. The molecule has 0 saturated carbocycles. The Labute approximate surface area is 312 Å². The highest BCUT2D eigenvalue weighted by molar-refractivity contribution is 7.20. The molecule has 0 amide bonds. The first kappa shape index (κ1) is 30.3. The van der Waals surface area contributed by atoms with E-state index in [0.717, 1.165) is 28.2 Å². The van der Waals surface area contributed by atoms with E-state index in [-0.39, 0.29) is 0 Å². The molecule has 53 heavy (non-hydrogen) atoms. The summed E-state index contributed by atoms with van der Waals surface area (Å²) in [4.78, 5) is 3.75. The highest BCUT2D eigenvalue weighted by atomic mass is 35.5. The lowest BCUT2D eigenvalue weighted by atomic mass is 10.0. The molecule has 0 spiro atoms. The molecule has 250 valence electrons. The molecule has 11 rings (SSSR count). The number of H-pyrrole nitrogens is 1. The van der Waals surface area contributed by atoms with E-state index in [2.05, 4.69) is 179 Å². The van der Waals surface area contributed by atoms with Crippen LogP contribution in [0, 0.1) is 0 Å². The van der Waals surface area contributed by atoms with Gasteiger partial charge in [0.1, 0.15) is 11.5 Å². The molecule has 1 unspecified atom stereocenters. The predicted octanol–water partition coefficient (Wildman–Crippen LogP) is 10.2. The molecule has 8 aromatic carbocycles. The zero-order valence-corrected chi connectivity index (χ0v) is 30.3. The summed E-state index contributed by atoms with van der Waals surface area (Å²) in [6, 6.07) is 65.9. The third-order valence-corrected chi connectivity index (χ3v) is 16.1. The Kier molecular flexibility index (Phi) is 6.63. The number of aromatic amines is 1. The highest BCUT2D eigenvalue weighted by Gasteiger charge is 2.48. The minimum atomic E-state index is -3.03. The van der Waals surface area contributed by atoms with Gasteiger partial charge in [0.2, 0.25) is 0 Å². The molecule has 0 aliphatic carbocycles. The number of ether oxygens (including phenoxy) is 1. The minimum Gasteiger partial charge on any atom is -0.457 e. The molecular formula is C48H31ClN2OSi. The van der Waals surface area contributed by atoms with Gasteiger partial charge in [-0.2, -0.15) is 0 Å². The van der Waals surface area contributed by atoms with Gasteiger partial charge in [-0.25, -0.2) is 0 Å². The van der Waals surface area contributed by atoms with Gasteiger partial charge in [-0.3, -0.25) is 0 Å². The summed E-state index contributed by atoms with van der Waals surface area (Å²) in [5, 5.41) is 10.5. The summed E-state index contributed by atoms with van der Waals surface area (Å²) in [6.45, 7) is 0. The van der Waals surface area contributed by atoms with Crippen LogP contribution in [0.1, 0.15) is 0 Å². The Balaban J connectivity index is 1.21. The smallest absolute Gasteiger partial charge is 0.188 e. The van der Waals surface area contributed by atoms with Crippen molar-refractivity contribution in [2.45, 2.75) is 0 Å². The topological polar surface area (TPSA) is 29.9 Å². The van der Waals surface area contributed by atoms with Crippen LogP contribution in [0.4, 0.5) is 0 Å². The van der Waals surface area contributed by atoms with Gasteiger partial charge in [-0.1, -0.05) is 139 Å². The van der Waals surface area contributed by atoms with Crippen LogP contribution in [0.15, 0.2) is 182 Å². The molecular weight excluding hydrogens is 684 g/mol. The van der Waals surface area contributed by atoms with Crippen LogP contribution < -0.4 is 25.5 Å². The number of nitrogens with zero attached hydrogens (tertiary/aromatic N) is 1.